The number of rotatable bonds is 39. The lowest BCUT2D eigenvalue weighted by Gasteiger charge is -2.35. The summed E-state index contributed by atoms with van der Waals surface area (Å²) in [5, 5.41) is 12.7. The Hall–Kier alpha value is -3.32. The summed E-state index contributed by atoms with van der Waals surface area (Å²) < 4.78 is 0. The third kappa shape index (κ3) is 18.7. The summed E-state index contributed by atoms with van der Waals surface area (Å²) >= 11 is 0. The van der Waals surface area contributed by atoms with E-state index in [2.05, 4.69) is 150 Å². The van der Waals surface area contributed by atoms with Crippen LogP contribution < -0.4 is 0 Å². The molecule has 0 radical (unpaired) electrons. The predicted octanol–water partition coefficient (Wildman–Crippen LogP) is 22.9. The van der Waals surface area contributed by atoms with E-state index in [1.807, 2.05) is 0 Å². The molecule has 0 saturated carbocycles. The highest BCUT2D eigenvalue weighted by molar-refractivity contribution is 5.54. The van der Waals surface area contributed by atoms with E-state index in [0.29, 0.717) is 17.6 Å². The molecule has 0 aliphatic carbocycles. The highest BCUT2D eigenvalue weighted by atomic mass is 16.3. The van der Waals surface area contributed by atoms with Gasteiger partial charge in [0.05, 0.1) is 0 Å². The largest absolute Gasteiger partial charge is 0.508 e. The average molecular weight is 996 g/mol. The topological polar surface area (TPSA) is 20.2 Å². The van der Waals surface area contributed by atoms with E-state index in [0.717, 1.165) is 6.42 Å². The summed E-state index contributed by atoms with van der Waals surface area (Å²) in [7, 11) is 0. The second-order valence-electron chi connectivity index (χ2n) is 23.6. The van der Waals surface area contributed by atoms with Crippen LogP contribution in [-0.2, 0) is 38.5 Å². The lowest BCUT2D eigenvalue weighted by atomic mass is 9.69. The predicted molar refractivity (Wildman–Crippen MR) is 325 cm³/mol. The summed E-state index contributed by atoms with van der Waals surface area (Å²) in [4.78, 5) is 0. The van der Waals surface area contributed by atoms with Gasteiger partial charge in [-0.1, -0.05) is 259 Å². The summed E-state index contributed by atoms with van der Waals surface area (Å²) in [5.41, 5.74) is 18.4. The number of phenolic OH excluding ortho intramolecular Hbond substituents is 1. The van der Waals surface area contributed by atoms with Crippen molar-refractivity contribution >= 4 is 0 Å². The zero-order chi connectivity index (χ0) is 53.0. The Balaban J connectivity index is 1.95. The maximum Gasteiger partial charge on any atom is 0.119 e. The molecule has 0 aliphatic rings. The maximum atomic E-state index is 12.7. The molecule has 0 aliphatic heterocycles. The van der Waals surface area contributed by atoms with Gasteiger partial charge in [0.25, 0.3) is 0 Å². The minimum Gasteiger partial charge on any atom is -0.508 e. The van der Waals surface area contributed by atoms with E-state index in [-0.39, 0.29) is 23.7 Å². The van der Waals surface area contributed by atoms with Crippen LogP contribution in [0, 0.1) is 0 Å². The van der Waals surface area contributed by atoms with Gasteiger partial charge in [-0.2, -0.15) is 0 Å². The average Bonchev–Trinajstić information content (AvgIpc) is 3.40. The van der Waals surface area contributed by atoms with Crippen LogP contribution in [0.5, 0.6) is 5.75 Å². The summed E-state index contributed by atoms with van der Waals surface area (Å²) in [6.45, 7) is 29.1. The van der Waals surface area contributed by atoms with Gasteiger partial charge in [0.2, 0.25) is 0 Å². The molecule has 408 valence electrons. The Morgan fingerprint density at radius 1 is 0.274 bits per heavy atom. The quantitative estimate of drug-likeness (QED) is 0.0442. The van der Waals surface area contributed by atoms with Crippen LogP contribution in [-0.4, -0.2) is 5.11 Å². The molecule has 0 amide bonds. The number of benzene rings is 4. The molecular formula is C72H114O. The first-order valence-corrected chi connectivity index (χ1v) is 31.7. The van der Waals surface area contributed by atoms with Crippen molar-refractivity contribution in [1.29, 1.82) is 0 Å². The van der Waals surface area contributed by atoms with Gasteiger partial charge < -0.3 is 5.11 Å². The monoisotopic (exact) mass is 995 g/mol. The van der Waals surface area contributed by atoms with Crippen molar-refractivity contribution in [2.24, 2.45) is 0 Å². The van der Waals surface area contributed by atoms with Gasteiger partial charge in [-0.15, -0.1) is 0 Å². The summed E-state index contributed by atoms with van der Waals surface area (Å²) in [6.07, 6.45) is 38.0. The van der Waals surface area contributed by atoms with Crippen molar-refractivity contribution in [2.45, 2.75) is 311 Å². The highest BCUT2D eigenvalue weighted by Crippen LogP contribution is 2.50. The molecule has 0 saturated heterocycles. The van der Waals surface area contributed by atoms with E-state index in [4.69, 9.17) is 0 Å². The number of aromatic hydroxyl groups is 1. The molecule has 0 spiro atoms. The first kappa shape index (κ1) is 62.2. The molecule has 0 fully saturated rings. The molecule has 4 aromatic rings. The Kier molecular flexibility index (Phi) is 29.9. The number of phenols is 1. The van der Waals surface area contributed by atoms with E-state index < -0.39 is 0 Å². The van der Waals surface area contributed by atoms with Gasteiger partial charge in [0, 0.05) is 5.56 Å². The van der Waals surface area contributed by atoms with Crippen molar-refractivity contribution in [2.75, 3.05) is 0 Å². The van der Waals surface area contributed by atoms with Gasteiger partial charge in [0.15, 0.2) is 0 Å². The van der Waals surface area contributed by atoms with Crippen LogP contribution in [0.15, 0.2) is 66.7 Å². The van der Waals surface area contributed by atoms with Crippen molar-refractivity contribution in [3.63, 3.8) is 0 Å². The Morgan fingerprint density at radius 3 is 0.863 bits per heavy atom. The van der Waals surface area contributed by atoms with Gasteiger partial charge >= 0.3 is 0 Å². The van der Waals surface area contributed by atoms with Crippen LogP contribution in [0.4, 0.5) is 0 Å². The van der Waals surface area contributed by atoms with E-state index in [1.165, 1.54) is 208 Å². The van der Waals surface area contributed by atoms with Crippen LogP contribution in [0.2, 0.25) is 0 Å². The second kappa shape index (κ2) is 35.1. The smallest absolute Gasteiger partial charge is 0.119 e. The lowest BCUT2D eigenvalue weighted by molar-refractivity contribution is 0.448. The third-order valence-electron chi connectivity index (χ3n) is 18.1. The molecule has 1 nitrogen and oxygen atoms in total. The molecule has 6 atom stereocenters. The van der Waals surface area contributed by atoms with E-state index in [1.54, 1.807) is 44.5 Å². The molecule has 1 N–H and O–H groups in total. The first-order valence-electron chi connectivity index (χ1n) is 31.7. The molecule has 0 aromatic heterocycles. The fourth-order valence-electron chi connectivity index (χ4n) is 12.9. The second-order valence-corrected chi connectivity index (χ2v) is 23.6. The number of aryl methyl sites for hydroxylation is 3. The van der Waals surface area contributed by atoms with Gasteiger partial charge in [-0.25, -0.2) is 0 Å². The van der Waals surface area contributed by atoms with Crippen molar-refractivity contribution in [3.05, 3.63) is 133 Å². The Labute approximate surface area is 453 Å². The third-order valence-corrected chi connectivity index (χ3v) is 18.1. The molecule has 73 heavy (non-hydrogen) atoms. The van der Waals surface area contributed by atoms with Crippen molar-refractivity contribution < 1.29 is 5.11 Å². The summed E-state index contributed by atoms with van der Waals surface area (Å²) in [5.74, 6) is 2.00. The molecular weight excluding hydrogens is 881 g/mol. The zero-order valence-electron chi connectivity index (χ0n) is 50.0. The highest BCUT2D eigenvalue weighted by Gasteiger charge is 2.34. The lowest BCUT2D eigenvalue weighted by Crippen LogP contribution is -2.19. The fourth-order valence-corrected chi connectivity index (χ4v) is 12.9. The van der Waals surface area contributed by atoms with Gasteiger partial charge in [0.1, 0.15) is 5.75 Å². The Bertz CT molecular complexity index is 2100. The van der Waals surface area contributed by atoms with Crippen LogP contribution in [0.25, 0.3) is 0 Å². The van der Waals surface area contributed by atoms with E-state index in [9.17, 15) is 5.11 Å². The van der Waals surface area contributed by atoms with Gasteiger partial charge in [-0.3, -0.25) is 0 Å². The zero-order valence-corrected chi connectivity index (χ0v) is 50.0. The van der Waals surface area contributed by atoms with Gasteiger partial charge in [-0.05, 0) is 180 Å². The fraction of sp³-hybridized carbons (Fsp3) is 0.667. The number of unbranched alkanes of at least 4 members (excludes halogenated alkanes) is 18. The molecule has 4 rings (SSSR count). The van der Waals surface area contributed by atoms with E-state index >= 15 is 0 Å². The molecule has 1 heteroatoms. The maximum absolute atomic E-state index is 12.7. The van der Waals surface area contributed by atoms with Crippen LogP contribution in [0.1, 0.15) is 339 Å². The number of hydrogen-bond donors (Lipinski definition) is 1. The first-order chi connectivity index (χ1) is 35.5. The summed E-state index contributed by atoms with van der Waals surface area (Å²) in [6, 6.07) is 26.5. The normalized spacial score (nSPS) is 14.3. The molecule has 0 heterocycles. The molecule has 6 unspecified atom stereocenters. The van der Waals surface area contributed by atoms with Crippen LogP contribution >= 0.6 is 0 Å². The van der Waals surface area contributed by atoms with Crippen LogP contribution in [0.3, 0.4) is 0 Å². The number of hydrogen-bond acceptors (Lipinski definition) is 1. The molecule has 4 aromatic carbocycles. The minimum atomic E-state index is 0.135. The Morgan fingerprint density at radius 2 is 0.548 bits per heavy atom. The molecule has 0 bridgehead atoms. The SMILES string of the molecule is CCCCCCc1cccc(C(C)C(C)c2ccc(O)c(C(C)C(C)c3cccc(CCCCCC)c3CCCCCC)c2C(C)C(C)c2cccc(CCCCCC)c2CCCCCC)c1CCCCCC. The minimum absolute atomic E-state index is 0.135. The van der Waals surface area contributed by atoms with Crippen molar-refractivity contribution in [1.82, 2.24) is 0 Å². The van der Waals surface area contributed by atoms with Crippen molar-refractivity contribution in [3.8, 4) is 5.75 Å². The standard InChI is InChI=1S/C72H114O/c1-13-19-25-31-40-60-43-37-49-63(67(60)46-34-28-22-16-4)54(7)55(8)66-52-53-70(73)72(59(12)57(10)65-51-39-45-62(42-33-27-21-15-3)69(65)48-36-30-24-18-6)71(66)58(11)56(9)64-50-38-44-61(41-32-26-20-14-2)68(64)47-35-29-23-17-5/h37-39,43-45,49-59,73H,13-36,40-42,46-48H2,1-12H3.